The predicted molar refractivity (Wildman–Crippen MR) is 62.0 cm³/mol. The number of rotatable bonds is 5. The van der Waals surface area contributed by atoms with Gasteiger partial charge in [0, 0.05) is 12.1 Å². The maximum Gasteiger partial charge on any atom is 0.251 e. The van der Waals surface area contributed by atoms with Crippen LogP contribution in [0.1, 0.15) is 22.3 Å². The van der Waals surface area contributed by atoms with Gasteiger partial charge in [0.1, 0.15) is 5.82 Å². The molecule has 1 aromatic carbocycles. The summed E-state index contributed by atoms with van der Waals surface area (Å²) in [5.41, 5.74) is 0.916. The minimum atomic E-state index is -0.345. The first-order valence-electron chi connectivity index (χ1n) is 5.34. The van der Waals surface area contributed by atoms with E-state index < -0.39 is 0 Å². The van der Waals surface area contributed by atoms with Crippen LogP contribution in [-0.4, -0.2) is 26.0 Å². The largest absolute Gasteiger partial charge is 0.352 e. The number of amides is 1. The maximum atomic E-state index is 13.2. The molecule has 0 unspecified atom stereocenters. The van der Waals surface area contributed by atoms with Crippen molar-refractivity contribution in [2.45, 2.75) is 13.3 Å². The predicted octanol–water partition coefficient (Wildman–Crippen LogP) is 1.47. The first kappa shape index (κ1) is 12.6. The molecule has 0 atom stereocenters. The highest BCUT2D eigenvalue weighted by atomic mass is 19.1. The van der Waals surface area contributed by atoms with Crippen molar-refractivity contribution in [3.8, 4) is 0 Å². The quantitative estimate of drug-likeness (QED) is 0.744. The van der Waals surface area contributed by atoms with Crippen LogP contribution in [0.2, 0.25) is 0 Å². The van der Waals surface area contributed by atoms with Gasteiger partial charge in [-0.15, -0.1) is 0 Å². The van der Waals surface area contributed by atoms with Crippen molar-refractivity contribution in [1.29, 1.82) is 0 Å². The molecule has 0 heterocycles. The topological polar surface area (TPSA) is 41.1 Å². The van der Waals surface area contributed by atoms with Crippen LogP contribution in [0.25, 0.3) is 0 Å². The highest BCUT2D eigenvalue weighted by molar-refractivity contribution is 5.94. The molecular weight excluding hydrogens is 207 g/mol. The molecule has 0 aliphatic rings. The summed E-state index contributed by atoms with van der Waals surface area (Å²) in [6, 6.07) is 4.51. The van der Waals surface area contributed by atoms with E-state index in [0.29, 0.717) is 17.7 Å². The zero-order valence-electron chi connectivity index (χ0n) is 9.64. The SMILES string of the molecule is CNCCCNC(=O)c1ccc(C)c(F)c1. The van der Waals surface area contributed by atoms with Gasteiger partial charge in [0.05, 0.1) is 0 Å². The summed E-state index contributed by atoms with van der Waals surface area (Å²) >= 11 is 0. The van der Waals surface area contributed by atoms with Crippen LogP contribution in [0, 0.1) is 12.7 Å². The lowest BCUT2D eigenvalue weighted by Crippen LogP contribution is -2.26. The fraction of sp³-hybridized carbons (Fsp3) is 0.417. The van der Waals surface area contributed by atoms with Gasteiger partial charge in [-0.1, -0.05) is 6.07 Å². The van der Waals surface area contributed by atoms with Crippen LogP contribution >= 0.6 is 0 Å². The number of carbonyl (C=O) groups is 1. The van der Waals surface area contributed by atoms with Crippen LogP contribution in [0.5, 0.6) is 0 Å². The molecule has 0 radical (unpaired) electrons. The molecule has 88 valence electrons. The van der Waals surface area contributed by atoms with Crippen LogP contribution in [0.15, 0.2) is 18.2 Å². The summed E-state index contributed by atoms with van der Waals surface area (Å²) in [6.07, 6.45) is 0.858. The van der Waals surface area contributed by atoms with E-state index in [9.17, 15) is 9.18 Å². The van der Waals surface area contributed by atoms with Crippen molar-refractivity contribution in [2.75, 3.05) is 20.1 Å². The fourth-order valence-corrected chi connectivity index (χ4v) is 1.30. The molecular formula is C12H17FN2O. The monoisotopic (exact) mass is 224 g/mol. The Hall–Kier alpha value is -1.42. The molecule has 0 bridgehead atoms. The Kier molecular flexibility index (Phi) is 4.92. The van der Waals surface area contributed by atoms with Crippen molar-refractivity contribution < 1.29 is 9.18 Å². The lowest BCUT2D eigenvalue weighted by atomic mass is 10.1. The van der Waals surface area contributed by atoms with E-state index in [2.05, 4.69) is 10.6 Å². The third-order valence-corrected chi connectivity index (χ3v) is 2.32. The van der Waals surface area contributed by atoms with Crippen molar-refractivity contribution in [3.63, 3.8) is 0 Å². The van der Waals surface area contributed by atoms with E-state index in [-0.39, 0.29) is 11.7 Å². The Labute approximate surface area is 95.0 Å². The summed E-state index contributed by atoms with van der Waals surface area (Å²) in [7, 11) is 1.86. The lowest BCUT2D eigenvalue weighted by molar-refractivity contribution is 0.0953. The van der Waals surface area contributed by atoms with Crippen LogP contribution in [0.4, 0.5) is 4.39 Å². The average Bonchev–Trinajstić information content (AvgIpc) is 2.28. The fourth-order valence-electron chi connectivity index (χ4n) is 1.30. The van der Waals surface area contributed by atoms with Gasteiger partial charge < -0.3 is 10.6 Å². The van der Waals surface area contributed by atoms with Crippen molar-refractivity contribution in [1.82, 2.24) is 10.6 Å². The van der Waals surface area contributed by atoms with Gasteiger partial charge in [-0.2, -0.15) is 0 Å². The van der Waals surface area contributed by atoms with Crippen molar-refractivity contribution >= 4 is 5.91 Å². The molecule has 0 aliphatic heterocycles. The number of aryl methyl sites for hydroxylation is 1. The minimum Gasteiger partial charge on any atom is -0.352 e. The molecule has 1 aromatic rings. The van der Waals surface area contributed by atoms with E-state index in [1.165, 1.54) is 6.07 Å². The Morgan fingerprint density at radius 3 is 2.75 bits per heavy atom. The zero-order chi connectivity index (χ0) is 12.0. The third kappa shape index (κ3) is 3.62. The molecule has 0 spiro atoms. The highest BCUT2D eigenvalue weighted by Crippen LogP contribution is 2.08. The Morgan fingerprint density at radius 1 is 1.38 bits per heavy atom. The molecule has 0 aliphatic carbocycles. The number of nitrogens with one attached hydrogen (secondary N) is 2. The van der Waals surface area contributed by atoms with Crippen molar-refractivity contribution in [2.24, 2.45) is 0 Å². The second kappa shape index (κ2) is 6.23. The summed E-state index contributed by atoms with van der Waals surface area (Å²) < 4.78 is 13.2. The Bertz CT molecular complexity index is 366. The first-order valence-corrected chi connectivity index (χ1v) is 5.34. The molecule has 0 fully saturated rings. The Balaban J connectivity index is 2.50. The van der Waals surface area contributed by atoms with Gasteiger partial charge in [0.2, 0.25) is 0 Å². The molecule has 16 heavy (non-hydrogen) atoms. The molecule has 0 saturated carbocycles. The molecule has 1 amide bonds. The summed E-state index contributed by atoms with van der Waals surface area (Å²) in [5, 5.41) is 5.72. The summed E-state index contributed by atoms with van der Waals surface area (Å²) in [6.45, 7) is 3.11. The van der Waals surface area contributed by atoms with Gasteiger partial charge in [-0.05, 0) is 44.6 Å². The Morgan fingerprint density at radius 2 is 2.12 bits per heavy atom. The molecule has 0 aromatic heterocycles. The van der Waals surface area contributed by atoms with Gasteiger partial charge >= 0.3 is 0 Å². The third-order valence-electron chi connectivity index (χ3n) is 2.32. The highest BCUT2D eigenvalue weighted by Gasteiger charge is 2.06. The van der Waals surface area contributed by atoms with Gasteiger partial charge in [-0.25, -0.2) is 4.39 Å². The summed E-state index contributed by atoms with van der Waals surface area (Å²) in [4.78, 5) is 11.6. The lowest BCUT2D eigenvalue weighted by Gasteiger charge is -2.05. The molecule has 2 N–H and O–H groups in total. The second-order valence-electron chi connectivity index (χ2n) is 3.68. The first-order chi connectivity index (χ1) is 7.65. The standard InChI is InChI=1S/C12H17FN2O/c1-9-4-5-10(8-11(9)13)12(16)15-7-3-6-14-2/h4-5,8,14H,3,6-7H2,1-2H3,(H,15,16). The average molecular weight is 224 g/mol. The van der Waals surface area contributed by atoms with Gasteiger partial charge in [-0.3, -0.25) is 4.79 Å². The van der Waals surface area contributed by atoms with E-state index >= 15 is 0 Å². The van der Waals surface area contributed by atoms with Gasteiger partial charge in [0.25, 0.3) is 5.91 Å². The number of halogens is 1. The molecule has 4 heteroatoms. The number of hydrogen-bond acceptors (Lipinski definition) is 2. The molecule has 1 rings (SSSR count). The van der Waals surface area contributed by atoms with E-state index in [1.807, 2.05) is 7.05 Å². The van der Waals surface area contributed by atoms with Crippen molar-refractivity contribution in [3.05, 3.63) is 35.1 Å². The van der Waals surface area contributed by atoms with Crippen LogP contribution in [0.3, 0.4) is 0 Å². The van der Waals surface area contributed by atoms with E-state index in [1.54, 1.807) is 19.1 Å². The zero-order valence-corrected chi connectivity index (χ0v) is 9.64. The summed E-state index contributed by atoms with van der Waals surface area (Å²) in [5.74, 6) is -0.571. The second-order valence-corrected chi connectivity index (χ2v) is 3.68. The van der Waals surface area contributed by atoms with E-state index in [4.69, 9.17) is 0 Å². The van der Waals surface area contributed by atoms with Crippen LogP contribution < -0.4 is 10.6 Å². The van der Waals surface area contributed by atoms with Crippen LogP contribution in [-0.2, 0) is 0 Å². The number of benzene rings is 1. The minimum absolute atomic E-state index is 0.227. The maximum absolute atomic E-state index is 13.2. The number of carbonyl (C=O) groups excluding carboxylic acids is 1. The molecule has 3 nitrogen and oxygen atoms in total. The van der Waals surface area contributed by atoms with E-state index in [0.717, 1.165) is 13.0 Å². The van der Waals surface area contributed by atoms with Gasteiger partial charge in [0.15, 0.2) is 0 Å². The number of hydrogen-bond donors (Lipinski definition) is 2. The molecule has 0 saturated heterocycles. The smallest absolute Gasteiger partial charge is 0.251 e. The normalized spacial score (nSPS) is 10.2.